The summed E-state index contributed by atoms with van der Waals surface area (Å²) in [5.41, 5.74) is 8.31. The van der Waals surface area contributed by atoms with E-state index < -0.39 is 0 Å². The molecule has 0 amide bonds. The zero-order valence-electron chi connectivity index (χ0n) is 14.3. The monoisotopic (exact) mass is 438 g/mol. The summed E-state index contributed by atoms with van der Waals surface area (Å²) in [5.74, 6) is 0. The third kappa shape index (κ3) is 3.39. The van der Waals surface area contributed by atoms with Crippen molar-refractivity contribution in [1.29, 1.82) is 0 Å². The highest BCUT2D eigenvalue weighted by atomic mass is 79.9. The van der Waals surface area contributed by atoms with Crippen LogP contribution in [0.2, 0.25) is 0 Å². The Balaban J connectivity index is 1.86. The summed E-state index contributed by atoms with van der Waals surface area (Å²) in [7, 11) is 0. The summed E-state index contributed by atoms with van der Waals surface area (Å²) < 4.78 is 1.21. The first-order valence-corrected chi connectivity index (χ1v) is 9.86. The van der Waals surface area contributed by atoms with Gasteiger partial charge in [0.25, 0.3) is 0 Å². The van der Waals surface area contributed by atoms with Crippen LogP contribution in [0.4, 0.5) is 5.69 Å². The minimum absolute atomic E-state index is 0.440. The number of alkyl halides is 1. The van der Waals surface area contributed by atoms with Crippen LogP contribution in [0.25, 0.3) is 0 Å². The highest BCUT2D eigenvalue weighted by molar-refractivity contribution is 9.10. The Morgan fingerprint density at radius 1 is 1.04 bits per heavy atom. The van der Waals surface area contributed by atoms with E-state index in [-0.39, 0.29) is 0 Å². The molecule has 3 rings (SSSR count). The second kappa shape index (κ2) is 6.64. The van der Waals surface area contributed by atoms with Crippen molar-refractivity contribution in [3.05, 3.63) is 50.7 Å². The van der Waals surface area contributed by atoms with E-state index in [4.69, 9.17) is 0 Å². The van der Waals surface area contributed by atoms with Crippen LogP contribution in [0.3, 0.4) is 0 Å². The molecule has 1 aliphatic carbocycles. The smallest absolute Gasteiger partial charge is 0.0902 e. The van der Waals surface area contributed by atoms with Gasteiger partial charge in [-0.05, 0) is 72.8 Å². The number of halogens is 2. The van der Waals surface area contributed by atoms with Gasteiger partial charge in [0.2, 0.25) is 0 Å². The minimum Gasteiger partial charge on any atom is -0.354 e. The SMILES string of the molecule is CC1=CC(C)=C(N2CCN(c3c(C)cc(C)cc3Br)C2)[C@@H](Br)C1. The van der Waals surface area contributed by atoms with E-state index in [2.05, 4.69) is 87.6 Å². The number of hydrogen-bond donors (Lipinski definition) is 0. The molecule has 2 aliphatic rings. The highest BCUT2D eigenvalue weighted by Crippen LogP contribution is 2.37. The van der Waals surface area contributed by atoms with Crippen molar-refractivity contribution in [3.8, 4) is 0 Å². The number of nitrogens with zero attached hydrogens (tertiary/aromatic N) is 2. The molecule has 0 aromatic heterocycles. The molecule has 0 spiro atoms. The number of anilines is 1. The van der Waals surface area contributed by atoms with E-state index in [1.807, 2.05) is 0 Å². The van der Waals surface area contributed by atoms with Crippen LogP contribution in [-0.2, 0) is 0 Å². The first kappa shape index (κ1) is 17.1. The molecule has 0 N–H and O–H groups in total. The Bertz CT molecular complexity index is 668. The van der Waals surface area contributed by atoms with E-state index >= 15 is 0 Å². The second-order valence-corrected chi connectivity index (χ2v) is 8.77. The third-order valence-corrected chi connectivity index (χ3v) is 6.06. The van der Waals surface area contributed by atoms with E-state index in [9.17, 15) is 0 Å². The zero-order chi connectivity index (χ0) is 16.7. The molecule has 1 fully saturated rings. The average Bonchev–Trinajstić information content (AvgIpc) is 2.85. The molecule has 0 bridgehead atoms. The normalized spacial score (nSPS) is 22.0. The molecule has 1 atom stereocenters. The Morgan fingerprint density at radius 3 is 2.39 bits per heavy atom. The molecule has 1 saturated heterocycles. The van der Waals surface area contributed by atoms with Crippen molar-refractivity contribution in [2.45, 2.75) is 38.9 Å². The van der Waals surface area contributed by atoms with Crippen LogP contribution in [0.5, 0.6) is 0 Å². The van der Waals surface area contributed by atoms with Gasteiger partial charge in [0.15, 0.2) is 0 Å². The molecule has 0 saturated carbocycles. The number of aryl methyl sites for hydroxylation is 2. The van der Waals surface area contributed by atoms with Crippen LogP contribution in [0.15, 0.2) is 39.5 Å². The average molecular weight is 440 g/mol. The molecule has 4 heteroatoms. The summed E-state index contributed by atoms with van der Waals surface area (Å²) in [6.07, 6.45) is 3.44. The Kier molecular flexibility index (Phi) is 4.93. The molecule has 0 unspecified atom stereocenters. The van der Waals surface area contributed by atoms with Crippen LogP contribution in [0.1, 0.15) is 31.4 Å². The van der Waals surface area contributed by atoms with E-state index in [0.717, 1.165) is 26.2 Å². The predicted molar refractivity (Wildman–Crippen MR) is 106 cm³/mol. The molecule has 2 nitrogen and oxygen atoms in total. The first-order valence-electron chi connectivity index (χ1n) is 8.15. The number of benzene rings is 1. The largest absolute Gasteiger partial charge is 0.354 e. The van der Waals surface area contributed by atoms with Gasteiger partial charge in [-0.25, -0.2) is 0 Å². The molecular formula is C19H24Br2N2. The maximum absolute atomic E-state index is 3.89. The van der Waals surface area contributed by atoms with Gasteiger partial charge in [0.05, 0.1) is 17.2 Å². The van der Waals surface area contributed by atoms with Crippen molar-refractivity contribution < 1.29 is 0 Å². The molecular weight excluding hydrogens is 416 g/mol. The van der Waals surface area contributed by atoms with Crippen molar-refractivity contribution in [3.63, 3.8) is 0 Å². The summed E-state index contributed by atoms with van der Waals surface area (Å²) in [4.78, 5) is 5.46. The minimum atomic E-state index is 0.440. The van der Waals surface area contributed by atoms with Gasteiger partial charge in [0.1, 0.15) is 0 Å². The van der Waals surface area contributed by atoms with E-state index in [1.54, 1.807) is 0 Å². The van der Waals surface area contributed by atoms with Crippen molar-refractivity contribution in [2.75, 3.05) is 24.7 Å². The number of allylic oxidation sites excluding steroid dienone is 4. The second-order valence-electron chi connectivity index (χ2n) is 6.81. The molecule has 23 heavy (non-hydrogen) atoms. The lowest BCUT2D eigenvalue weighted by molar-refractivity contribution is 0.410. The fraction of sp³-hybridized carbons (Fsp3) is 0.474. The third-order valence-electron chi connectivity index (χ3n) is 4.70. The molecule has 1 aliphatic heterocycles. The Hall–Kier alpha value is -0.740. The summed E-state index contributed by atoms with van der Waals surface area (Å²) in [6, 6.07) is 4.49. The quantitative estimate of drug-likeness (QED) is 0.558. The summed E-state index contributed by atoms with van der Waals surface area (Å²) >= 11 is 7.66. The topological polar surface area (TPSA) is 6.48 Å². The number of rotatable bonds is 2. The lowest BCUT2D eigenvalue weighted by atomic mass is 9.97. The van der Waals surface area contributed by atoms with Gasteiger partial charge in [-0.15, -0.1) is 0 Å². The summed E-state index contributed by atoms with van der Waals surface area (Å²) in [6.45, 7) is 11.9. The van der Waals surface area contributed by atoms with E-state index in [1.165, 1.54) is 38.1 Å². The van der Waals surface area contributed by atoms with Gasteiger partial charge in [-0.3, -0.25) is 0 Å². The number of hydrogen-bond acceptors (Lipinski definition) is 2. The zero-order valence-corrected chi connectivity index (χ0v) is 17.5. The van der Waals surface area contributed by atoms with Crippen LogP contribution < -0.4 is 4.90 Å². The lowest BCUT2D eigenvalue weighted by Crippen LogP contribution is -2.31. The first-order chi connectivity index (χ1) is 10.9. The maximum atomic E-state index is 3.89. The van der Waals surface area contributed by atoms with Crippen molar-refractivity contribution in [2.24, 2.45) is 0 Å². The van der Waals surface area contributed by atoms with Gasteiger partial charge in [-0.1, -0.05) is 33.6 Å². The van der Waals surface area contributed by atoms with E-state index in [0.29, 0.717) is 4.83 Å². The lowest BCUT2D eigenvalue weighted by Gasteiger charge is -2.31. The molecule has 1 heterocycles. The molecule has 0 radical (unpaired) electrons. The highest BCUT2D eigenvalue weighted by Gasteiger charge is 2.29. The van der Waals surface area contributed by atoms with Crippen LogP contribution in [-0.4, -0.2) is 29.5 Å². The molecule has 1 aromatic rings. The predicted octanol–water partition coefficient (Wildman–Crippen LogP) is 5.53. The Morgan fingerprint density at radius 2 is 1.74 bits per heavy atom. The standard InChI is InChI=1S/C19H24Br2N2/c1-12-7-14(3)18(16(20)9-12)22-5-6-23(11-22)19-15(4)8-13(2)10-17(19)21/h7-9,17H,5-6,10-11H2,1-4H3/t17-/m0/s1. The fourth-order valence-corrected chi connectivity index (χ4v) is 5.94. The summed E-state index contributed by atoms with van der Waals surface area (Å²) in [5, 5.41) is 0. The van der Waals surface area contributed by atoms with Crippen LogP contribution in [0, 0.1) is 13.8 Å². The van der Waals surface area contributed by atoms with Gasteiger partial charge in [-0.2, -0.15) is 0 Å². The van der Waals surface area contributed by atoms with Gasteiger partial charge < -0.3 is 9.80 Å². The fourth-order valence-electron chi connectivity index (χ4n) is 3.85. The Labute approximate surface area is 156 Å². The van der Waals surface area contributed by atoms with Crippen LogP contribution >= 0.6 is 31.9 Å². The van der Waals surface area contributed by atoms with Crippen molar-refractivity contribution >= 4 is 37.5 Å². The van der Waals surface area contributed by atoms with Crippen molar-refractivity contribution in [1.82, 2.24) is 4.90 Å². The maximum Gasteiger partial charge on any atom is 0.0902 e. The molecule has 124 valence electrons. The van der Waals surface area contributed by atoms with Gasteiger partial charge in [0, 0.05) is 23.3 Å². The molecule has 1 aromatic carbocycles. The van der Waals surface area contributed by atoms with Gasteiger partial charge >= 0.3 is 0 Å².